The molecule has 0 aromatic heterocycles. The van der Waals surface area contributed by atoms with Gasteiger partial charge in [-0.3, -0.25) is 4.79 Å². The van der Waals surface area contributed by atoms with Gasteiger partial charge in [0, 0.05) is 11.4 Å². The molecule has 1 fully saturated rings. The van der Waals surface area contributed by atoms with Crippen LogP contribution in [-0.2, 0) is 4.79 Å². The van der Waals surface area contributed by atoms with E-state index in [0.717, 1.165) is 19.4 Å². The fourth-order valence-electron chi connectivity index (χ4n) is 2.69. The number of hydrogen-bond acceptors (Lipinski definition) is 3. The number of benzene rings is 1. The van der Waals surface area contributed by atoms with Crippen LogP contribution in [0.3, 0.4) is 0 Å². The summed E-state index contributed by atoms with van der Waals surface area (Å²) in [5, 5.41) is 8.65. The minimum Gasteiger partial charge on any atom is -0.351 e. The van der Waals surface area contributed by atoms with E-state index in [1.165, 1.54) is 0 Å². The van der Waals surface area contributed by atoms with Gasteiger partial charge in [-0.25, -0.2) is 4.79 Å². The number of carbonyl (C=O) groups is 2. The van der Waals surface area contributed by atoms with Gasteiger partial charge >= 0.3 is 6.03 Å². The van der Waals surface area contributed by atoms with Crippen molar-refractivity contribution < 1.29 is 9.59 Å². The van der Waals surface area contributed by atoms with E-state index < -0.39 is 6.03 Å². The Morgan fingerprint density at radius 1 is 1.29 bits per heavy atom. The topological polar surface area (TPSA) is 96.2 Å². The molecule has 2 rings (SSSR count). The van der Waals surface area contributed by atoms with Crippen LogP contribution in [0.2, 0.25) is 0 Å². The smallest absolute Gasteiger partial charge is 0.316 e. The van der Waals surface area contributed by atoms with Crippen LogP contribution in [0.25, 0.3) is 0 Å². The van der Waals surface area contributed by atoms with Gasteiger partial charge in [0.05, 0.1) is 6.04 Å². The van der Waals surface area contributed by atoms with E-state index in [2.05, 4.69) is 29.8 Å². The molecule has 0 saturated carbocycles. The lowest BCUT2D eigenvalue weighted by molar-refractivity contribution is -0.121. The van der Waals surface area contributed by atoms with Gasteiger partial charge in [-0.1, -0.05) is 19.9 Å². The summed E-state index contributed by atoms with van der Waals surface area (Å²) in [6.07, 6.45) is 2.09. The number of nitrogens with two attached hydrogens (primary N) is 1. The molecule has 1 unspecified atom stereocenters. The van der Waals surface area contributed by atoms with Crippen molar-refractivity contribution >= 4 is 23.3 Å². The summed E-state index contributed by atoms with van der Waals surface area (Å²) >= 11 is 0. The molecule has 1 heterocycles. The largest absolute Gasteiger partial charge is 0.351 e. The van der Waals surface area contributed by atoms with Crippen molar-refractivity contribution in [2.24, 2.45) is 11.1 Å². The second kappa shape index (κ2) is 6.13. The number of urea groups is 1. The monoisotopic (exact) mass is 290 g/mol. The zero-order valence-electron chi connectivity index (χ0n) is 12.4. The van der Waals surface area contributed by atoms with Gasteiger partial charge in [0.2, 0.25) is 5.91 Å². The number of carbonyl (C=O) groups excluding carboxylic acids is 2. The summed E-state index contributed by atoms with van der Waals surface area (Å²) in [5.41, 5.74) is 6.19. The molecule has 0 spiro atoms. The van der Waals surface area contributed by atoms with Gasteiger partial charge < -0.3 is 21.7 Å². The molecule has 6 nitrogen and oxygen atoms in total. The van der Waals surface area contributed by atoms with E-state index in [9.17, 15) is 9.59 Å². The Labute approximate surface area is 124 Å². The number of hydrogen-bond donors (Lipinski definition) is 4. The zero-order valence-corrected chi connectivity index (χ0v) is 12.4. The molecule has 1 aromatic rings. The number of piperidine rings is 1. The standard InChI is InChI=1S/C15H22N4O2/c1-15(2)7-4-8-17-12(15)13(20)18-10-5-3-6-11(9-10)19-14(16)21/h3,5-6,9,12,17H,4,7-8H2,1-2H3,(H,18,20)(H3,16,19,21). The molecular weight excluding hydrogens is 268 g/mol. The Morgan fingerprint density at radius 2 is 1.95 bits per heavy atom. The van der Waals surface area contributed by atoms with Gasteiger partial charge in [-0.2, -0.15) is 0 Å². The van der Waals surface area contributed by atoms with Crippen molar-refractivity contribution in [1.82, 2.24) is 5.32 Å². The molecule has 5 N–H and O–H groups in total. The Morgan fingerprint density at radius 3 is 2.57 bits per heavy atom. The van der Waals surface area contributed by atoms with Crippen LogP contribution in [0.1, 0.15) is 26.7 Å². The Hall–Kier alpha value is -2.08. The third-order valence-corrected chi connectivity index (χ3v) is 3.79. The van der Waals surface area contributed by atoms with Gasteiger partial charge in [-0.05, 0) is 43.0 Å². The van der Waals surface area contributed by atoms with Gasteiger partial charge in [0.15, 0.2) is 0 Å². The predicted molar refractivity (Wildman–Crippen MR) is 83.1 cm³/mol. The van der Waals surface area contributed by atoms with Crippen molar-refractivity contribution in [3.8, 4) is 0 Å². The van der Waals surface area contributed by atoms with Crippen LogP contribution >= 0.6 is 0 Å². The predicted octanol–water partition coefficient (Wildman–Crippen LogP) is 1.89. The van der Waals surface area contributed by atoms with Crippen molar-refractivity contribution in [3.05, 3.63) is 24.3 Å². The summed E-state index contributed by atoms with van der Waals surface area (Å²) < 4.78 is 0. The molecule has 1 atom stereocenters. The number of primary amides is 1. The summed E-state index contributed by atoms with van der Waals surface area (Å²) in [4.78, 5) is 23.3. The van der Waals surface area contributed by atoms with E-state index in [4.69, 9.17) is 5.73 Å². The van der Waals surface area contributed by atoms with Crippen LogP contribution in [0.4, 0.5) is 16.2 Å². The average molecular weight is 290 g/mol. The highest BCUT2D eigenvalue weighted by Gasteiger charge is 2.37. The lowest BCUT2D eigenvalue weighted by Gasteiger charge is -2.38. The lowest BCUT2D eigenvalue weighted by atomic mass is 9.77. The van der Waals surface area contributed by atoms with Gasteiger partial charge in [0.1, 0.15) is 0 Å². The second-order valence-corrected chi connectivity index (χ2v) is 6.04. The highest BCUT2D eigenvalue weighted by molar-refractivity contribution is 5.96. The fraction of sp³-hybridized carbons (Fsp3) is 0.467. The van der Waals surface area contributed by atoms with E-state index in [-0.39, 0.29) is 17.4 Å². The number of anilines is 2. The molecular formula is C15H22N4O2. The molecule has 114 valence electrons. The Bertz CT molecular complexity index is 542. The van der Waals surface area contributed by atoms with E-state index in [1.807, 2.05) is 0 Å². The first-order valence-corrected chi connectivity index (χ1v) is 7.09. The molecule has 1 saturated heterocycles. The average Bonchev–Trinajstić information content (AvgIpc) is 2.37. The number of nitrogens with one attached hydrogen (secondary N) is 3. The summed E-state index contributed by atoms with van der Waals surface area (Å²) in [6.45, 7) is 5.04. The maximum atomic E-state index is 12.4. The first kappa shape index (κ1) is 15.3. The summed E-state index contributed by atoms with van der Waals surface area (Å²) in [7, 11) is 0. The molecule has 0 radical (unpaired) electrons. The van der Waals surface area contributed by atoms with Crippen molar-refractivity contribution in [2.45, 2.75) is 32.7 Å². The Kier molecular flexibility index (Phi) is 4.47. The summed E-state index contributed by atoms with van der Waals surface area (Å²) in [5.74, 6) is -0.0593. The normalized spacial score (nSPS) is 20.6. The molecule has 0 bridgehead atoms. The molecule has 3 amide bonds. The maximum Gasteiger partial charge on any atom is 0.316 e. The van der Waals surface area contributed by atoms with Crippen LogP contribution in [0, 0.1) is 5.41 Å². The second-order valence-electron chi connectivity index (χ2n) is 6.04. The van der Waals surface area contributed by atoms with Gasteiger partial charge in [0.25, 0.3) is 0 Å². The fourth-order valence-corrected chi connectivity index (χ4v) is 2.69. The number of amides is 3. The van der Waals surface area contributed by atoms with Crippen LogP contribution in [0.15, 0.2) is 24.3 Å². The third-order valence-electron chi connectivity index (χ3n) is 3.79. The lowest BCUT2D eigenvalue weighted by Crippen LogP contribution is -2.53. The minimum absolute atomic E-state index is 0.0593. The van der Waals surface area contributed by atoms with Gasteiger partial charge in [-0.15, -0.1) is 0 Å². The first-order valence-electron chi connectivity index (χ1n) is 7.09. The summed E-state index contributed by atoms with van der Waals surface area (Å²) in [6, 6.07) is 6.06. The van der Waals surface area contributed by atoms with E-state index >= 15 is 0 Å². The molecule has 1 aliphatic rings. The molecule has 1 aromatic carbocycles. The third kappa shape index (κ3) is 3.95. The van der Waals surface area contributed by atoms with Crippen molar-refractivity contribution in [2.75, 3.05) is 17.2 Å². The number of rotatable bonds is 3. The first-order chi connectivity index (χ1) is 9.88. The van der Waals surface area contributed by atoms with Crippen LogP contribution in [-0.4, -0.2) is 24.5 Å². The van der Waals surface area contributed by atoms with E-state index in [0.29, 0.717) is 11.4 Å². The quantitative estimate of drug-likeness (QED) is 0.684. The SMILES string of the molecule is CC1(C)CCCNC1C(=O)Nc1cccc(NC(N)=O)c1. The van der Waals surface area contributed by atoms with Crippen molar-refractivity contribution in [3.63, 3.8) is 0 Å². The van der Waals surface area contributed by atoms with E-state index in [1.54, 1.807) is 24.3 Å². The highest BCUT2D eigenvalue weighted by atomic mass is 16.2. The van der Waals surface area contributed by atoms with Crippen LogP contribution < -0.4 is 21.7 Å². The molecule has 0 aliphatic carbocycles. The highest BCUT2D eigenvalue weighted by Crippen LogP contribution is 2.30. The molecule has 1 aliphatic heterocycles. The van der Waals surface area contributed by atoms with Crippen molar-refractivity contribution in [1.29, 1.82) is 0 Å². The zero-order chi connectivity index (χ0) is 15.5. The maximum absolute atomic E-state index is 12.4. The van der Waals surface area contributed by atoms with Crippen LogP contribution in [0.5, 0.6) is 0 Å². The minimum atomic E-state index is -0.631. The molecule has 6 heteroatoms. The Balaban J connectivity index is 2.07. The molecule has 21 heavy (non-hydrogen) atoms.